The molecule has 0 atom stereocenters. The number of nitrogens with zero attached hydrogens (tertiary/aromatic N) is 1. The summed E-state index contributed by atoms with van der Waals surface area (Å²) in [6.45, 7) is 3.78. The van der Waals surface area contributed by atoms with Crippen LogP contribution in [0.2, 0.25) is 0 Å². The van der Waals surface area contributed by atoms with Gasteiger partial charge in [-0.25, -0.2) is 0 Å². The summed E-state index contributed by atoms with van der Waals surface area (Å²) in [7, 11) is 0. The molecule has 0 amide bonds. The minimum Gasteiger partial charge on any atom is -0.481 e. The van der Waals surface area contributed by atoms with Crippen molar-refractivity contribution in [2.24, 2.45) is 0 Å². The maximum absolute atomic E-state index is 10.7. The SMILES string of the molecule is CC(C)(CC(=O)O)c1onc2c1CCC2. The third kappa shape index (κ3) is 1.76. The van der Waals surface area contributed by atoms with E-state index >= 15 is 0 Å². The molecule has 1 aliphatic carbocycles. The fraction of sp³-hybridized carbons (Fsp3) is 0.636. The number of aliphatic carboxylic acids is 1. The predicted octanol–water partition coefficient (Wildman–Crippen LogP) is 1.92. The van der Waals surface area contributed by atoms with Crippen LogP contribution in [-0.4, -0.2) is 16.2 Å². The third-order valence-electron chi connectivity index (χ3n) is 2.92. The van der Waals surface area contributed by atoms with Crippen molar-refractivity contribution in [1.82, 2.24) is 5.16 Å². The van der Waals surface area contributed by atoms with Crippen molar-refractivity contribution in [3.8, 4) is 0 Å². The topological polar surface area (TPSA) is 63.3 Å². The number of hydrogen-bond donors (Lipinski definition) is 1. The molecule has 82 valence electrons. The van der Waals surface area contributed by atoms with E-state index in [4.69, 9.17) is 9.63 Å². The minimum atomic E-state index is -0.803. The van der Waals surface area contributed by atoms with Gasteiger partial charge >= 0.3 is 5.97 Å². The Kier molecular flexibility index (Phi) is 2.29. The molecule has 0 unspecified atom stereocenters. The molecule has 15 heavy (non-hydrogen) atoms. The van der Waals surface area contributed by atoms with Crippen LogP contribution in [0.3, 0.4) is 0 Å². The Balaban J connectivity index is 2.32. The summed E-state index contributed by atoms with van der Waals surface area (Å²) in [5, 5.41) is 12.8. The lowest BCUT2D eigenvalue weighted by atomic mass is 9.84. The maximum Gasteiger partial charge on any atom is 0.304 e. The smallest absolute Gasteiger partial charge is 0.304 e. The Labute approximate surface area is 88.3 Å². The number of aromatic nitrogens is 1. The van der Waals surface area contributed by atoms with Crippen LogP contribution in [0.4, 0.5) is 0 Å². The monoisotopic (exact) mass is 209 g/mol. The van der Waals surface area contributed by atoms with Gasteiger partial charge in [0.15, 0.2) is 0 Å². The number of hydrogen-bond acceptors (Lipinski definition) is 3. The van der Waals surface area contributed by atoms with Gasteiger partial charge in [-0.3, -0.25) is 4.79 Å². The highest BCUT2D eigenvalue weighted by Gasteiger charge is 2.34. The first-order valence-electron chi connectivity index (χ1n) is 5.20. The van der Waals surface area contributed by atoms with Crippen LogP contribution in [0.15, 0.2) is 4.52 Å². The first-order valence-corrected chi connectivity index (χ1v) is 5.20. The van der Waals surface area contributed by atoms with Gasteiger partial charge in [-0.05, 0) is 19.3 Å². The Hall–Kier alpha value is -1.32. The van der Waals surface area contributed by atoms with Crippen LogP contribution < -0.4 is 0 Å². The summed E-state index contributed by atoms with van der Waals surface area (Å²) in [5.74, 6) is -0.0412. The zero-order valence-electron chi connectivity index (χ0n) is 9.04. The number of carboxylic acid groups (broad SMARTS) is 1. The molecule has 0 spiro atoms. The Bertz CT molecular complexity index is 393. The highest BCUT2D eigenvalue weighted by molar-refractivity contribution is 5.68. The molecule has 0 saturated carbocycles. The average molecular weight is 209 g/mol. The standard InChI is InChI=1S/C11H15NO3/c1-11(2,6-9(13)14)10-7-4-3-5-8(7)12-15-10/h3-6H2,1-2H3,(H,13,14). The largest absolute Gasteiger partial charge is 0.481 e. The summed E-state index contributed by atoms with van der Waals surface area (Å²) in [4.78, 5) is 10.7. The van der Waals surface area contributed by atoms with Gasteiger partial charge in [0.1, 0.15) is 5.76 Å². The Morgan fingerprint density at radius 2 is 2.27 bits per heavy atom. The molecule has 4 heteroatoms. The van der Waals surface area contributed by atoms with Crippen molar-refractivity contribution in [2.75, 3.05) is 0 Å². The molecule has 0 aromatic carbocycles. The van der Waals surface area contributed by atoms with E-state index in [1.807, 2.05) is 13.8 Å². The summed E-state index contributed by atoms with van der Waals surface area (Å²) in [5.41, 5.74) is 1.70. The average Bonchev–Trinajstić information content (AvgIpc) is 2.57. The van der Waals surface area contributed by atoms with Crippen molar-refractivity contribution in [3.05, 3.63) is 17.0 Å². The van der Waals surface area contributed by atoms with E-state index in [-0.39, 0.29) is 6.42 Å². The molecular weight excluding hydrogens is 194 g/mol. The van der Waals surface area contributed by atoms with Crippen molar-refractivity contribution in [1.29, 1.82) is 0 Å². The molecule has 0 bridgehead atoms. The first-order chi connectivity index (χ1) is 7.00. The normalized spacial score (nSPS) is 15.3. The van der Waals surface area contributed by atoms with Crippen LogP contribution >= 0.6 is 0 Å². The van der Waals surface area contributed by atoms with Gasteiger partial charge in [0.2, 0.25) is 0 Å². The van der Waals surface area contributed by atoms with E-state index < -0.39 is 11.4 Å². The lowest BCUT2D eigenvalue weighted by Crippen LogP contribution is -2.22. The van der Waals surface area contributed by atoms with Crippen LogP contribution in [0, 0.1) is 0 Å². The molecule has 0 radical (unpaired) electrons. The van der Waals surface area contributed by atoms with E-state index in [0.29, 0.717) is 0 Å². The highest BCUT2D eigenvalue weighted by atomic mass is 16.5. The lowest BCUT2D eigenvalue weighted by Gasteiger charge is -2.19. The molecule has 1 heterocycles. The molecule has 0 saturated heterocycles. The van der Waals surface area contributed by atoms with Crippen LogP contribution in [-0.2, 0) is 23.1 Å². The van der Waals surface area contributed by atoms with Crippen molar-refractivity contribution in [2.45, 2.75) is 44.9 Å². The van der Waals surface area contributed by atoms with Gasteiger partial charge < -0.3 is 9.63 Å². The Morgan fingerprint density at radius 3 is 2.93 bits per heavy atom. The van der Waals surface area contributed by atoms with Crippen molar-refractivity contribution in [3.63, 3.8) is 0 Å². The lowest BCUT2D eigenvalue weighted by molar-refractivity contribution is -0.138. The third-order valence-corrected chi connectivity index (χ3v) is 2.92. The van der Waals surface area contributed by atoms with Crippen molar-refractivity contribution < 1.29 is 14.4 Å². The number of rotatable bonds is 3. The van der Waals surface area contributed by atoms with Crippen molar-refractivity contribution >= 4 is 5.97 Å². The van der Waals surface area contributed by atoms with Gasteiger partial charge in [0.05, 0.1) is 12.1 Å². The van der Waals surface area contributed by atoms with E-state index in [0.717, 1.165) is 36.3 Å². The van der Waals surface area contributed by atoms with Crippen LogP contribution in [0.25, 0.3) is 0 Å². The molecule has 1 N–H and O–H groups in total. The second-order valence-electron chi connectivity index (χ2n) is 4.74. The number of fused-ring (bicyclic) bond motifs is 1. The van der Waals surface area contributed by atoms with E-state index in [2.05, 4.69) is 5.16 Å². The van der Waals surface area contributed by atoms with Crippen LogP contribution in [0.5, 0.6) is 0 Å². The molecule has 1 aromatic rings. The molecule has 1 aliphatic rings. The summed E-state index contributed by atoms with van der Waals surface area (Å²) < 4.78 is 5.29. The maximum atomic E-state index is 10.7. The van der Waals surface area contributed by atoms with Gasteiger partial charge in [-0.2, -0.15) is 0 Å². The van der Waals surface area contributed by atoms with Gasteiger partial charge in [-0.1, -0.05) is 19.0 Å². The molecule has 1 aromatic heterocycles. The van der Waals surface area contributed by atoms with Crippen LogP contribution in [0.1, 0.15) is 43.7 Å². The second kappa shape index (κ2) is 3.36. The number of carboxylic acids is 1. The first kappa shape index (κ1) is 10.2. The van der Waals surface area contributed by atoms with E-state index in [1.165, 1.54) is 0 Å². The van der Waals surface area contributed by atoms with Gasteiger partial charge in [0.25, 0.3) is 0 Å². The second-order valence-corrected chi connectivity index (χ2v) is 4.74. The fourth-order valence-corrected chi connectivity index (χ4v) is 2.22. The zero-order chi connectivity index (χ0) is 11.1. The quantitative estimate of drug-likeness (QED) is 0.826. The van der Waals surface area contributed by atoms with Gasteiger partial charge in [-0.15, -0.1) is 0 Å². The molecule has 2 rings (SSSR count). The molecule has 0 fully saturated rings. The zero-order valence-corrected chi connectivity index (χ0v) is 9.04. The summed E-state index contributed by atoms with van der Waals surface area (Å²) >= 11 is 0. The highest BCUT2D eigenvalue weighted by Crippen LogP contribution is 2.35. The number of aryl methyl sites for hydroxylation is 1. The number of carbonyl (C=O) groups is 1. The molecule has 4 nitrogen and oxygen atoms in total. The van der Waals surface area contributed by atoms with E-state index in [1.54, 1.807) is 0 Å². The molecule has 0 aliphatic heterocycles. The summed E-state index contributed by atoms with van der Waals surface area (Å²) in [6.07, 6.45) is 3.11. The molecular formula is C11H15NO3. The van der Waals surface area contributed by atoms with E-state index in [9.17, 15) is 4.79 Å². The fourth-order valence-electron chi connectivity index (χ4n) is 2.22. The predicted molar refractivity (Wildman–Crippen MR) is 53.8 cm³/mol. The summed E-state index contributed by atoms with van der Waals surface area (Å²) in [6, 6.07) is 0. The Morgan fingerprint density at radius 1 is 1.53 bits per heavy atom. The van der Waals surface area contributed by atoms with Gasteiger partial charge in [0, 0.05) is 11.0 Å². The minimum absolute atomic E-state index is 0.0780.